The van der Waals surface area contributed by atoms with Gasteiger partial charge < -0.3 is 9.52 Å². The molecular weight excluding hydrogens is 370 g/mol. The van der Waals surface area contributed by atoms with Crippen molar-refractivity contribution in [1.82, 2.24) is 9.97 Å². The van der Waals surface area contributed by atoms with Gasteiger partial charge in [0.2, 0.25) is 5.89 Å². The first-order valence-corrected chi connectivity index (χ1v) is 7.41. The van der Waals surface area contributed by atoms with E-state index >= 15 is 0 Å². The number of pyridine rings is 1. The van der Waals surface area contributed by atoms with Crippen LogP contribution in [0.1, 0.15) is 5.69 Å². The molecule has 5 nitrogen and oxygen atoms in total. The molecule has 2 heterocycles. The molecule has 110 valence electrons. The molecule has 0 bridgehead atoms. The average Bonchev–Trinajstić information content (AvgIpc) is 2.88. The number of hydrogen-bond donors (Lipinski definition) is 1. The summed E-state index contributed by atoms with van der Waals surface area (Å²) in [6.07, 6.45) is 2.87. The minimum absolute atomic E-state index is 0.225. The zero-order chi connectivity index (χ0) is 15.5. The van der Waals surface area contributed by atoms with Crippen molar-refractivity contribution in [3.63, 3.8) is 0 Å². The van der Waals surface area contributed by atoms with E-state index in [1.807, 2.05) is 24.3 Å². The molecule has 0 aliphatic rings. The quantitative estimate of drug-likeness (QED) is 0.676. The summed E-state index contributed by atoms with van der Waals surface area (Å²) in [7, 11) is 0. The molecule has 0 fully saturated rings. The van der Waals surface area contributed by atoms with Gasteiger partial charge >= 0.3 is 5.95 Å². The Bertz CT molecular complexity index is 831. The highest BCUT2D eigenvalue weighted by atomic mass is 79.9. The van der Waals surface area contributed by atoms with Crippen LogP contribution in [0.3, 0.4) is 0 Å². The maximum Gasteiger partial charge on any atom is 0.312 e. The van der Waals surface area contributed by atoms with Crippen molar-refractivity contribution in [3.8, 4) is 17.4 Å². The number of hydrogen-bond acceptors (Lipinski definition) is 5. The van der Waals surface area contributed by atoms with Crippen molar-refractivity contribution in [3.05, 3.63) is 57.8 Å². The van der Waals surface area contributed by atoms with Gasteiger partial charge in [-0.05, 0) is 40.2 Å². The lowest BCUT2D eigenvalue weighted by Gasteiger charge is -1.97. The van der Waals surface area contributed by atoms with Gasteiger partial charge in [0.05, 0.1) is 16.8 Å². The van der Waals surface area contributed by atoms with Crippen LogP contribution in [0, 0.1) is 0 Å². The van der Waals surface area contributed by atoms with Crippen LogP contribution < -0.4 is 0 Å². The van der Waals surface area contributed by atoms with E-state index in [1.165, 1.54) is 12.4 Å². The fourth-order valence-corrected chi connectivity index (χ4v) is 2.30. The van der Waals surface area contributed by atoms with E-state index in [1.54, 1.807) is 12.1 Å². The predicted octanol–water partition coefficient (Wildman–Crippen LogP) is 4.61. The van der Waals surface area contributed by atoms with Crippen LogP contribution in [-0.4, -0.2) is 21.3 Å². The molecule has 0 saturated carbocycles. The predicted molar refractivity (Wildman–Crippen MR) is 87.8 cm³/mol. The molecule has 0 radical (unpaired) electrons. The monoisotopic (exact) mass is 377 g/mol. The highest BCUT2D eigenvalue weighted by Gasteiger charge is 2.14. The van der Waals surface area contributed by atoms with Crippen LogP contribution in [0.5, 0.6) is 5.95 Å². The zero-order valence-electron chi connectivity index (χ0n) is 11.1. The van der Waals surface area contributed by atoms with Crippen LogP contribution >= 0.6 is 27.5 Å². The average molecular weight is 379 g/mol. The SMILES string of the molecule is Oc1oc(-c2ccccc2Br)nc1C=Nc1ccc(Cl)cn1. The molecule has 3 aromatic rings. The number of rotatable bonds is 3. The van der Waals surface area contributed by atoms with Gasteiger partial charge in [-0.1, -0.05) is 23.7 Å². The summed E-state index contributed by atoms with van der Waals surface area (Å²) < 4.78 is 6.09. The van der Waals surface area contributed by atoms with E-state index in [0.29, 0.717) is 16.7 Å². The number of benzene rings is 1. The number of aromatic nitrogens is 2. The number of halogens is 2. The summed E-state index contributed by atoms with van der Waals surface area (Å²) in [5, 5.41) is 10.4. The highest BCUT2D eigenvalue weighted by molar-refractivity contribution is 9.10. The van der Waals surface area contributed by atoms with Crippen molar-refractivity contribution in [2.45, 2.75) is 0 Å². The van der Waals surface area contributed by atoms with Crippen molar-refractivity contribution in [2.75, 3.05) is 0 Å². The lowest BCUT2D eigenvalue weighted by molar-refractivity contribution is 0.337. The first-order chi connectivity index (χ1) is 10.6. The molecule has 0 atom stereocenters. The molecule has 0 unspecified atom stereocenters. The smallest absolute Gasteiger partial charge is 0.312 e. The van der Waals surface area contributed by atoms with Crippen LogP contribution in [0.4, 0.5) is 5.82 Å². The largest absolute Gasteiger partial charge is 0.479 e. The first kappa shape index (κ1) is 14.7. The highest BCUT2D eigenvalue weighted by Crippen LogP contribution is 2.30. The molecule has 0 saturated heterocycles. The lowest BCUT2D eigenvalue weighted by atomic mass is 10.2. The van der Waals surface area contributed by atoms with E-state index in [9.17, 15) is 5.11 Å². The Kier molecular flexibility index (Phi) is 4.22. The van der Waals surface area contributed by atoms with Crippen LogP contribution in [0.15, 0.2) is 56.5 Å². The molecule has 0 aliphatic carbocycles. The van der Waals surface area contributed by atoms with Gasteiger partial charge in [-0.15, -0.1) is 0 Å². The third-order valence-corrected chi connectivity index (χ3v) is 3.68. The standard InChI is InChI=1S/C15H9BrClN3O2/c16-11-4-2-1-3-10(11)14-20-12(15(21)22-14)8-19-13-6-5-9(17)7-18-13/h1-8,21H. The van der Waals surface area contributed by atoms with Crippen LogP contribution in [0.25, 0.3) is 11.5 Å². The Balaban J connectivity index is 1.90. The van der Waals surface area contributed by atoms with Gasteiger partial charge in [-0.2, -0.15) is 0 Å². The molecule has 1 aromatic carbocycles. The van der Waals surface area contributed by atoms with Gasteiger partial charge in [0, 0.05) is 10.7 Å². The summed E-state index contributed by atoms with van der Waals surface area (Å²) in [4.78, 5) is 12.4. The fraction of sp³-hybridized carbons (Fsp3) is 0. The van der Waals surface area contributed by atoms with Crippen molar-refractivity contribution in [2.24, 2.45) is 4.99 Å². The number of nitrogens with zero attached hydrogens (tertiary/aromatic N) is 3. The first-order valence-electron chi connectivity index (χ1n) is 6.24. The number of oxazole rings is 1. The van der Waals surface area contributed by atoms with Gasteiger partial charge in [0.25, 0.3) is 0 Å². The van der Waals surface area contributed by atoms with Gasteiger partial charge in [-0.25, -0.2) is 15.0 Å². The molecule has 0 spiro atoms. The van der Waals surface area contributed by atoms with E-state index in [-0.39, 0.29) is 11.6 Å². The molecule has 0 aliphatic heterocycles. The van der Waals surface area contributed by atoms with Crippen molar-refractivity contribution in [1.29, 1.82) is 0 Å². The summed E-state index contributed by atoms with van der Waals surface area (Å²) in [5.41, 5.74) is 0.963. The van der Waals surface area contributed by atoms with Gasteiger partial charge in [-0.3, -0.25) is 0 Å². The van der Waals surface area contributed by atoms with Crippen molar-refractivity contribution >= 4 is 39.6 Å². The Hall–Kier alpha value is -2.18. The Morgan fingerprint density at radius 2 is 2.05 bits per heavy atom. The molecule has 7 heteroatoms. The van der Waals surface area contributed by atoms with Gasteiger partial charge in [0.1, 0.15) is 0 Å². The second-order valence-electron chi connectivity index (χ2n) is 4.28. The van der Waals surface area contributed by atoms with E-state index in [0.717, 1.165) is 10.0 Å². The number of aromatic hydroxyl groups is 1. The fourth-order valence-electron chi connectivity index (χ4n) is 1.73. The van der Waals surface area contributed by atoms with Gasteiger partial charge in [0.15, 0.2) is 11.5 Å². The molecule has 3 rings (SSSR count). The van der Waals surface area contributed by atoms with Crippen LogP contribution in [-0.2, 0) is 0 Å². The molecular formula is C15H9BrClN3O2. The lowest BCUT2D eigenvalue weighted by Crippen LogP contribution is -1.84. The Labute approximate surface area is 139 Å². The van der Waals surface area contributed by atoms with Crippen molar-refractivity contribution < 1.29 is 9.52 Å². The summed E-state index contributed by atoms with van der Waals surface area (Å²) in [6.45, 7) is 0. The summed E-state index contributed by atoms with van der Waals surface area (Å²) >= 11 is 9.17. The minimum atomic E-state index is -0.302. The molecule has 0 amide bonds. The van der Waals surface area contributed by atoms with E-state index < -0.39 is 0 Å². The van der Waals surface area contributed by atoms with Crippen LogP contribution in [0.2, 0.25) is 5.02 Å². The molecule has 2 aromatic heterocycles. The third-order valence-electron chi connectivity index (χ3n) is 2.77. The van der Waals surface area contributed by atoms with E-state index in [4.69, 9.17) is 16.0 Å². The third kappa shape index (κ3) is 3.18. The Morgan fingerprint density at radius 1 is 1.23 bits per heavy atom. The summed E-state index contributed by atoms with van der Waals surface area (Å²) in [5.74, 6) is 0.452. The maximum atomic E-state index is 9.83. The topological polar surface area (TPSA) is 71.5 Å². The maximum absolute atomic E-state index is 9.83. The minimum Gasteiger partial charge on any atom is -0.479 e. The number of aliphatic imine (C=N–C) groups is 1. The normalized spacial score (nSPS) is 11.2. The zero-order valence-corrected chi connectivity index (χ0v) is 13.4. The van der Waals surface area contributed by atoms with E-state index in [2.05, 4.69) is 30.9 Å². The Morgan fingerprint density at radius 3 is 2.77 bits per heavy atom. The second kappa shape index (κ2) is 6.29. The molecule has 1 N–H and O–H groups in total. The summed E-state index contributed by atoms with van der Waals surface area (Å²) in [6, 6.07) is 10.8. The second-order valence-corrected chi connectivity index (χ2v) is 5.57. The molecule has 22 heavy (non-hydrogen) atoms.